The highest BCUT2D eigenvalue weighted by Crippen LogP contribution is 2.30. The molecule has 5 nitrogen and oxygen atoms in total. The third-order valence-electron chi connectivity index (χ3n) is 4.51. The van der Waals surface area contributed by atoms with Crippen LogP contribution in [-0.4, -0.2) is 26.6 Å². The van der Waals surface area contributed by atoms with Gasteiger partial charge in [-0.05, 0) is 43.0 Å². The van der Waals surface area contributed by atoms with Crippen LogP contribution in [0.2, 0.25) is 0 Å². The first-order valence-electron chi connectivity index (χ1n) is 8.33. The second-order valence-electron chi connectivity index (χ2n) is 6.33. The fraction of sp³-hybridized carbons (Fsp3) is 0.316. The van der Waals surface area contributed by atoms with Crippen molar-refractivity contribution >= 4 is 27.3 Å². The number of sulfonamides is 1. The summed E-state index contributed by atoms with van der Waals surface area (Å²) in [7, 11) is -3.51. The molecule has 6 heteroatoms. The third kappa shape index (κ3) is 3.69. The van der Waals surface area contributed by atoms with Gasteiger partial charge in [-0.2, -0.15) is 0 Å². The van der Waals surface area contributed by atoms with Crippen molar-refractivity contribution in [3.8, 4) is 0 Å². The van der Waals surface area contributed by atoms with Crippen molar-refractivity contribution < 1.29 is 13.2 Å². The lowest BCUT2D eigenvalue weighted by Crippen LogP contribution is -2.32. The highest BCUT2D eigenvalue weighted by Gasteiger charge is 2.29. The Morgan fingerprint density at radius 1 is 1.08 bits per heavy atom. The Morgan fingerprint density at radius 3 is 2.48 bits per heavy atom. The predicted molar refractivity (Wildman–Crippen MR) is 100 cm³/mol. The summed E-state index contributed by atoms with van der Waals surface area (Å²) in [5, 5.41) is 2.84. The predicted octanol–water partition coefficient (Wildman–Crippen LogP) is 3.02. The Bertz CT molecular complexity index is 886. The van der Waals surface area contributed by atoms with Crippen LogP contribution in [0.1, 0.15) is 23.1 Å². The highest BCUT2D eigenvalue weighted by atomic mass is 32.2. The topological polar surface area (TPSA) is 66.5 Å². The van der Waals surface area contributed by atoms with Crippen LogP contribution >= 0.6 is 0 Å². The number of benzene rings is 2. The molecule has 1 amide bonds. The number of hydrogen-bond donors (Lipinski definition) is 1. The molecule has 1 aliphatic heterocycles. The number of para-hydroxylation sites is 2. The van der Waals surface area contributed by atoms with Gasteiger partial charge in [0.1, 0.15) is 0 Å². The molecule has 1 N–H and O–H groups in total. The van der Waals surface area contributed by atoms with Crippen LogP contribution in [0.4, 0.5) is 11.4 Å². The number of aryl methyl sites for hydroxylation is 2. The summed E-state index contributed by atoms with van der Waals surface area (Å²) in [5.41, 5.74) is 4.45. The normalized spacial score (nSPS) is 13.6. The Hall–Kier alpha value is -2.34. The number of carbonyl (C=O) groups excluding carboxylic acids is 1. The average Bonchev–Trinajstić information content (AvgIpc) is 3.01. The van der Waals surface area contributed by atoms with Crippen molar-refractivity contribution in [1.29, 1.82) is 0 Å². The number of carbonyl (C=O) groups is 1. The fourth-order valence-electron chi connectivity index (χ4n) is 3.14. The van der Waals surface area contributed by atoms with E-state index in [1.54, 1.807) is 0 Å². The van der Waals surface area contributed by atoms with Crippen LogP contribution in [0.3, 0.4) is 0 Å². The van der Waals surface area contributed by atoms with Gasteiger partial charge < -0.3 is 5.32 Å². The van der Waals surface area contributed by atoms with Gasteiger partial charge in [0, 0.05) is 18.7 Å². The van der Waals surface area contributed by atoms with E-state index >= 15 is 0 Å². The molecular weight excluding hydrogens is 336 g/mol. The number of nitrogens with one attached hydrogen (secondary N) is 1. The van der Waals surface area contributed by atoms with Gasteiger partial charge in [0.05, 0.1) is 11.4 Å². The number of rotatable bonds is 5. The molecule has 0 radical (unpaired) electrons. The van der Waals surface area contributed by atoms with E-state index in [4.69, 9.17) is 0 Å². The largest absolute Gasteiger partial charge is 0.326 e. The molecule has 132 valence electrons. The smallest absolute Gasteiger partial charge is 0.235 e. The van der Waals surface area contributed by atoms with Gasteiger partial charge in [-0.3, -0.25) is 9.10 Å². The second-order valence-corrected chi connectivity index (χ2v) is 8.34. The maximum atomic E-state index is 12.6. The van der Waals surface area contributed by atoms with Gasteiger partial charge in [-0.25, -0.2) is 8.42 Å². The van der Waals surface area contributed by atoms with E-state index in [-0.39, 0.29) is 18.1 Å². The fourth-order valence-corrected chi connectivity index (χ4v) is 4.65. The van der Waals surface area contributed by atoms with Crippen LogP contribution in [0.25, 0.3) is 0 Å². The molecule has 0 atom stereocenters. The lowest BCUT2D eigenvalue weighted by molar-refractivity contribution is -0.115. The van der Waals surface area contributed by atoms with E-state index in [2.05, 4.69) is 5.32 Å². The number of nitrogens with zero attached hydrogens (tertiary/aromatic N) is 1. The van der Waals surface area contributed by atoms with E-state index in [0.717, 1.165) is 28.1 Å². The Kier molecular flexibility index (Phi) is 4.81. The molecule has 3 rings (SSSR count). The molecule has 1 heterocycles. The van der Waals surface area contributed by atoms with Crippen molar-refractivity contribution in [2.75, 3.05) is 21.9 Å². The zero-order chi connectivity index (χ0) is 18.0. The summed E-state index contributed by atoms with van der Waals surface area (Å²) in [5.74, 6) is -0.480. The van der Waals surface area contributed by atoms with Gasteiger partial charge in [-0.15, -0.1) is 0 Å². The Balaban J connectivity index is 1.66. The number of fused-ring (bicyclic) bond motifs is 1. The van der Waals surface area contributed by atoms with E-state index in [1.165, 1.54) is 4.31 Å². The summed E-state index contributed by atoms with van der Waals surface area (Å²) in [6.07, 6.45) is 0.652. The Labute approximate surface area is 148 Å². The summed E-state index contributed by atoms with van der Waals surface area (Å²) in [6.45, 7) is 4.28. The molecule has 2 aromatic rings. The maximum absolute atomic E-state index is 12.6. The summed E-state index contributed by atoms with van der Waals surface area (Å²) < 4.78 is 26.7. The molecule has 2 aromatic carbocycles. The quantitative estimate of drug-likeness (QED) is 0.893. The van der Waals surface area contributed by atoms with E-state index in [0.29, 0.717) is 13.0 Å². The lowest BCUT2D eigenvalue weighted by Gasteiger charge is -2.19. The summed E-state index contributed by atoms with van der Waals surface area (Å²) >= 11 is 0. The highest BCUT2D eigenvalue weighted by molar-refractivity contribution is 7.92. The van der Waals surface area contributed by atoms with Crippen molar-refractivity contribution in [3.05, 3.63) is 59.2 Å². The second kappa shape index (κ2) is 6.88. The van der Waals surface area contributed by atoms with Crippen LogP contribution in [-0.2, 0) is 21.2 Å². The van der Waals surface area contributed by atoms with Crippen LogP contribution in [0.15, 0.2) is 42.5 Å². The van der Waals surface area contributed by atoms with Gasteiger partial charge >= 0.3 is 0 Å². The van der Waals surface area contributed by atoms with Crippen molar-refractivity contribution in [2.24, 2.45) is 0 Å². The minimum absolute atomic E-state index is 0.0607. The lowest BCUT2D eigenvalue weighted by atomic mass is 10.1. The monoisotopic (exact) mass is 358 g/mol. The van der Waals surface area contributed by atoms with Crippen molar-refractivity contribution in [1.82, 2.24) is 0 Å². The van der Waals surface area contributed by atoms with Crippen molar-refractivity contribution in [2.45, 2.75) is 26.7 Å². The molecule has 0 fully saturated rings. The van der Waals surface area contributed by atoms with E-state index < -0.39 is 10.0 Å². The van der Waals surface area contributed by atoms with Crippen LogP contribution in [0, 0.1) is 13.8 Å². The molecule has 0 saturated carbocycles. The molecule has 0 aliphatic carbocycles. The minimum atomic E-state index is -3.51. The molecule has 0 aromatic heterocycles. The first kappa shape index (κ1) is 17.5. The average molecular weight is 358 g/mol. The van der Waals surface area contributed by atoms with Gasteiger partial charge in [-0.1, -0.05) is 36.4 Å². The van der Waals surface area contributed by atoms with Gasteiger partial charge in [0.15, 0.2) is 0 Å². The first-order chi connectivity index (χ1) is 11.9. The summed E-state index contributed by atoms with van der Waals surface area (Å²) in [6, 6.07) is 13.3. The van der Waals surface area contributed by atoms with Gasteiger partial charge in [0.2, 0.25) is 15.9 Å². The zero-order valence-corrected chi connectivity index (χ0v) is 15.3. The molecule has 0 spiro atoms. The molecule has 1 aliphatic rings. The molecule has 25 heavy (non-hydrogen) atoms. The molecular formula is C19H22N2O3S. The summed E-state index contributed by atoms with van der Waals surface area (Å²) in [4.78, 5) is 12.2. The number of anilines is 2. The molecule has 0 saturated heterocycles. The maximum Gasteiger partial charge on any atom is 0.235 e. The Morgan fingerprint density at radius 2 is 1.76 bits per heavy atom. The van der Waals surface area contributed by atoms with Crippen molar-refractivity contribution in [3.63, 3.8) is 0 Å². The number of hydrogen-bond acceptors (Lipinski definition) is 3. The minimum Gasteiger partial charge on any atom is -0.326 e. The first-order valence-corrected chi connectivity index (χ1v) is 9.94. The number of amides is 1. The zero-order valence-electron chi connectivity index (χ0n) is 14.5. The van der Waals surface area contributed by atoms with E-state index in [9.17, 15) is 13.2 Å². The standard InChI is InChI=1S/C19H22N2O3S/c1-14-6-5-7-15(2)19(14)20-18(22)11-13-25(23,24)21-12-10-16-8-3-4-9-17(16)21/h3-9H,10-13H2,1-2H3,(H,20,22). The van der Waals surface area contributed by atoms with Crippen LogP contribution < -0.4 is 9.62 Å². The van der Waals surface area contributed by atoms with E-state index in [1.807, 2.05) is 56.3 Å². The molecule has 0 unspecified atom stereocenters. The SMILES string of the molecule is Cc1cccc(C)c1NC(=O)CCS(=O)(=O)N1CCc2ccccc21. The van der Waals surface area contributed by atoms with Crippen LogP contribution in [0.5, 0.6) is 0 Å². The van der Waals surface area contributed by atoms with Gasteiger partial charge in [0.25, 0.3) is 0 Å². The third-order valence-corrected chi connectivity index (χ3v) is 6.28. The molecule has 0 bridgehead atoms.